The molecule has 0 unspecified atom stereocenters. The van der Waals surface area contributed by atoms with Crippen molar-refractivity contribution in [1.29, 1.82) is 0 Å². The quantitative estimate of drug-likeness (QED) is 0.176. The molecule has 4 rings (SSSR count). The van der Waals surface area contributed by atoms with Crippen molar-refractivity contribution in [3.8, 4) is 28.6 Å². The Kier molecular flexibility index (Phi) is 8.16. The first-order valence-electron chi connectivity index (χ1n) is 12.1. The van der Waals surface area contributed by atoms with Crippen molar-refractivity contribution in [2.45, 2.75) is 38.3 Å². The van der Waals surface area contributed by atoms with Gasteiger partial charge in [-0.15, -0.1) is 10.2 Å². The number of methoxy groups -OCH3 is 1. The number of nitrogens with zero attached hydrogens (tertiary/aromatic N) is 4. The van der Waals surface area contributed by atoms with E-state index >= 15 is 0 Å². The highest BCUT2D eigenvalue weighted by atomic mass is 32.2. The Bertz CT molecular complexity index is 1440. The number of aromatic nitrogens is 3. The van der Waals surface area contributed by atoms with Crippen LogP contribution in [-0.2, 0) is 10.2 Å². The largest absolute Gasteiger partial charge is 0.504 e. The maximum atomic E-state index is 12.6. The molecule has 8 nitrogen and oxygen atoms in total. The molecule has 0 radical (unpaired) electrons. The van der Waals surface area contributed by atoms with Crippen LogP contribution in [0.1, 0.15) is 38.8 Å². The van der Waals surface area contributed by atoms with Crippen molar-refractivity contribution in [3.05, 3.63) is 83.9 Å². The number of carbonyl (C=O) groups excluding carboxylic acids is 1. The average molecular weight is 530 g/mol. The number of aromatic hydroxyl groups is 1. The first-order chi connectivity index (χ1) is 18.2. The molecule has 0 bridgehead atoms. The maximum Gasteiger partial charge on any atom is 0.250 e. The number of para-hydroxylation sites is 1. The molecule has 0 saturated carbocycles. The minimum absolute atomic E-state index is 0.0385. The number of hydrogen-bond acceptors (Lipinski definition) is 7. The van der Waals surface area contributed by atoms with Gasteiger partial charge >= 0.3 is 0 Å². The lowest BCUT2D eigenvalue weighted by Gasteiger charge is -2.19. The fourth-order valence-electron chi connectivity index (χ4n) is 3.76. The van der Waals surface area contributed by atoms with Crippen molar-refractivity contribution in [2.24, 2.45) is 5.10 Å². The van der Waals surface area contributed by atoms with Gasteiger partial charge in [0.2, 0.25) is 0 Å². The second-order valence-corrected chi connectivity index (χ2v) is 10.7. The van der Waals surface area contributed by atoms with E-state index < -0.39 is 0 Å². The monoisotopic (exact) mass is 529 g/mol. The van der Waals surface area contributed by atoms with Gasteiger partial charge in [0.15, 0.2) is 22.5 Å². The number of benzene rings is 3. The van der Waals surface area contributed by atoms with E-state index in [4.69, 9.17) is 4.74 Å². The summed E-state index contributed by atoms with van der Waals surface area (Å²) < 4.78 is 7.10. The minimum Gasteiger partial charge on any atom is -0.504 e. The molecule has 0 aliphatic heterocycles. The van der Waals surface area contributed by atoms with Gasteiger partial charge in [0.05, 0.1) is 18.6 Å². The van der Waals surface area contributed by atoms with Crippen LogP contribution in [-0.4, -0.2) is 44.4 Å². The zero-order chi connectivity index (χ0) is 27.3. The molecular formula is C29H31N5O3S. The molecule has 1 aromatic heterocycles. The number of phenols is 1. The predicted molar refractivity (Wildman–Crippen MR) is 151 cm³/mol. The predicted octanol–water partition coefficient (Wildman–Crippen LogP) is 5.58. The molecule has 0 atom stereocenters. The van der Waals surface area contributed by atoms with Gasteiger partial charge in [-0.05, 0) is 48.2 Å². The molecule has 0 spiro atoms. The lowest BCUT2D eigenvalue weighted by atomic mass is 9.87. The van der Waals surface area contributed by atoms with E-state index in [2.05, 4.69) is 65.8 Å². The average Bonchev–Trinajstić information content (AvgIpc) is 3.35. The van der Waals surface area contributed by atoms with Gasteiger partial charge in [0.25, 0.3) is 5.91 Å². The maximum absolute atomic E-state index is 12.6. The number of carbonyl (C=O) groups is 1. The highest BCUT2D eigenvalue weighted by Crippen LogP contribution is 2.30. The second kappa shape index (κ2) is 11.5. The SMILES string of the molecule is COc1cc(/C(C)=N/NC(=O)CSc2nnc(-c3ccc(C(C)(C)C)cc3)n2-c2ccccc2)ccc1O. The van der Waals surface area contributed by atoms with Gasteiger partial charge in [0, 0.05) is 16.8 Å². The van der Waals surface area contributed by atoms with Gasteiger partial charge in [-0.1, -0.05) is 75.0 Å². The molecule has 4 aromatic rings. The van der Waals surface area contributed by atoms with E-state index in [1.807, 2.05) is 34.9 Å². The summed E-state index contributed by atoms with van der Waals surface area (Å²) in [6, 6.07) is 23.1. The Morgan fingerprint density at radius 2 is 1.76 bits per heavy atom. The van der Waals surface area contributed by atoms with Gasteiger partial charge in [-0.25, -0.2) is 5.43 Å². The van der Waals surface area contributed by atoms with Crippen LogP contribution in [0.3, 0.4) is 0 Å². The second-order valence-electron chi connectivity index (χ2n) is 9.71. The van der Waals surface area contributed by atoms with Crippen LogP contribution in [0.25, 0.3) is 17.1 Å². The molecule has 1 heterocycles. The summed E-state index contributed by atoms with van der Waals surface area (Å²) in [4.78, 5) is 12.6. The van der Waals surface area contributed by atoms with Gasteiger partial charge in [-0.3, -0.25) is 9.36 Å². The molecule has 0 fully saturated rings. The summed E-state index contributed by atoms with van der Waals surface area (Å²) >= 11 is 1.28. The fraction of sp³-hybridized carbons (Fsp3) is 0.241. The zero-order valence-corrected chi connectivity index (χ0v) is 22.9. The number of thioether (sulfide) groups is 1. The van der Waals surface area contributed by atoms with E-state index in [1.54, 1.807) is 19.1 Å². The number of ether oxygens (including phenoxy) is 1. The summed E-state index contributed by atoms with van der Waals surface area (Å²) in [7, 11) is 1.48. The van der Waals surface area contributed by atoms with Crippen LogP contribution in [0.15, 0.2) is 83.1 Å². The molecule has 0 aliphatic carbocycles. The van der Waals surface area contributed by atoms with Crippen molar-refractivity contribution < 1.29 is 14.6 Å². The zero-order valence-electron chi connectivity index (χ0n) is 22.1. The molecule has 38 heavy (non-hydrogen) atoms. The van der Waals surface area contributed by atoms with Crippen LogP contribution in [0.2, 0.25) is 0 Å². The van der Waals surface area contributed by atoms with Gasteiger partial charge in [-0.2, -0.15) is 5.10 Å². The van der Waals surface area contributed by atoms with Crippen molar-refractivity contribution in [3.63, 3.8) is 0 Å². The molecule has 0 saturated heterocycles. The Hall–Kier alpha value is -4.11. The first-order valence-corrected chi connectivity index (χ1v) is 13.1. The van der Waals surface area contributed by atoms with E-state index in [9.17, 15) is 9.90 Å². The summed E-state index contributed by atoms with van der Waals surface area (Å²) in [6.45, 7) is 8.31. The molecule has 0 aliphatic rings. The van der Waals surface area contributed by atoms with Crippen LogP contribution in [0, 0.1) is 0 Å². The van der Waals surface area contributed by atoms with Crippen molar-refractivity contribution in [2.75, 3.05) is 12.9 Å². The minimum atomic E-state index is -0.279. The number of hydrazone groups is 1. The number of rotatable bonds is 8. The molecule has 3 aromatic carbocycles. The number of phenolic OH excluding ortho intramolecular Hbond substituents is 1. The Morgan fingerprint density at radius 3 is 2.42 bits per heavy atom. The van der Waals surface area contributed by atoms with E-state index in [0.29, 0.717) is 22.4 Å². The van der Waals surface area contributed by atoms with Crippen LogP contribution in [0.5, 0.6) is 11.5 Å². The Morgan fingerprint density at radius 1 is 1.05 bits per heavy atom. The standard InChI is InChI=1S/C29H31N5O3S/c1-19(21-13-16-24(35)25(17-21)37-5)30-31-26(36)18-38-28-33-32-27(34(28)23-9-7-6-8-10-23)20-11-14-22(15-12-20)29(2,3)4/h6-17,35H,18H2,1-5H3,(H,31,36)/b30-19+. The molecule has 196 valence electrons. The molecule has 9 heteroatoms. The molecule has 2 N–H and O–H groups in total. The van der Waals surface area contributed by atoms with E-state index in [0.717, 1.165) is 16.8 Å². The fourth-order valence-corrected chi connectivity index (χ4v) is 4.50. The summed E-state index contributed by atoms with van der Waals surface area (Å²) in [5.41, 5.74) is 7.02. The third-order valence-corrected chi connectivity index (χ3v) is 6.86. The smallest absolute Gasteiger partial charge is 0.250 e. The normalized spacial score (nSPS) is 11.9. The Labute approximate surface area is 226 Å². The highest BCUT2D eigenvalue weighted by molar-refractivity contribution is 7.99. The van der Waals surface area contributed by atoms with Crippen molar-refractivity contribution in [1.82, 2.24) is 20.2 Å². The third-order valence-electron chi connectivity index (χ3n) is 5.94. The van der Waals surface area contributed by atoms with Crippen LogP contribution < -0.4 is 10.2 Å². The lowest BCUT2D eigenvalue weighted by Crippen LogP contribution is -2.21. The highest BCUT2D eigenvalue weighted by Gasteiger charge is 2.19. The number of amides is 1. The number of nitrogens with one attached hydrogen (secondary N) is 1. The van der Waals surface area contributed by atoms with Crippen molar-refractivity contribution >= 4 is 23.4 Å². The topological polar surface area (TPSA) is 102 Å². The van der Waals surface area contributed by atoms with E-state index in [1.165, 1.54) is 30.5 Å². The van der Waals surface area contributed by atoms with Crippen LogP contribution in [0.4, 0.5) is 0 Å². The molecule has 1 amide bonds. The number of hydrogen-bond donors (Lipinski definition) is 2. The molecular weight excluding hydrogens is 498 g/mol. The van der Waals surface area contributed by atoms with E-state index in [-0.39, 0.29) is 22.8 Å². The Balaban J connectivity index is 1.52. The third kappa shape index (κ3) is 6.23. The summed E-state index contributed by atoms with van der Waals surface area (Å²) in [5, 5.41) is 23.5. The van der Waals surface area contributed by atoms with Gasteiger partial charge in [0.1, 0.15) is 0 Å². The van der Waals surface area contributed by atoms with Gasteiger partial charge < -0.3 is 9.84 Å². The first kappa shape index (κ1) is 26.9. The lowest BCUT2D eigenvalue weighted by molar-refractivity contribution is -0.118. The van der Waals surface area contributed by atoms with Crippen LogP contribution >= 0.6 is 11.8 Å². The summed E-state index contributed by atoms with van der Waals surface area (Å²) in [6.07, 6.45) is 0. The summed E-state index contributed by atoms with van der Waals surface area (Å²) in [5.74, 6) is 0.900.